The molecule has 0 aliphatic carbocycles. The molecule has 4 aliphatic rings. The smallest absolute Gasteiger partial charge is 0.382 e. The summed E-state index contributed by atoms with van der Waals surface area (Å²) < 4.78 is 45.3. The zero-order chi connectivity index (χ0) is 31.8. The van der Waals surface area contributed by atoms with Crippen LogP contribution in [0.4, 0.5) is 5.82 Å². The minimum Gasteiger partial charge on any atom is -0.382 e. The largest absolute Gasteiger partial charge is 0.405 e. The molecule has 2 aromatic rings. The number of amides is 1. The van der Waals surface area contributed by atoms with E-state index < -0.39 is 43.7 Å². The molecule has 0 aromatic carbocycles. The number of rotatable bonds is 10. The van der Waals surface area contributed by atoms with Crippen molar-refractivity contribution in [3.63, 3.8) is 0 Å². The molecule has 0 saturated carbocycles. The summed E-state index contributed by atoms with van der Waals surface area (Å²) in [5, 5.41) is 10.6. The van der Waals surface area contributed by atoms with Gasteiger partial charge in [0.1, 0.15) is 23.8 Å². The molecule has 5 atom stereocenters. The molecule has 4 aliphatic heterocycles. The van der Waals surface area contributed by atoms with Crippen LogP contribution in [0.15, 0.2) is 16.6 Å². The zero-order valence-corrected chi connectivity index (χ0v) is 25.7. The fourth-order valence-corrected chi connectivity index (χ4v) is 6.62. The molecule has 3 fully saturated rings. The van der Waals surface area contributed by atoms with Gasteiger partial charge in [-0.2, -0.15) is 10.2 Å². The van der Waals surface area contributed by atoms with Gasteiger partial charge in [-0.1, -0.05) is 5.92 Å². The number of nitrogens with zero attached hydrogens (tertiary/aromatic N) is 7. The monoisotopic (exact) mass is 643 g/mol. The van der Waals surface area contributed by atoms with Gasteiger partial charge in [-0.05, 0) is 19.8 Å². The van der Waals surface area contributed by atoms with Crippen LogP contribution >= 0.6 is 7.75 Å². The molecule has 240 valence electrons. The first-order chi connectivity index (χ1) is 21.5. The molecule has 6 rings (SSSR count). The van der Waals surface area contributed by atoms with Crippen molar-refractivity contribution in [2.24, 2.45) is 10.2 Å². The molecule has 18 heteroatoms. The summed E-state index contributed by atoms with van der Waals surface area (Å²) in [6, 6.07) is 0. The normalized spacial score (nSPS) is 27.7. The first kappa shape index (κ1) is 31.5. The Bertz CT molecular complexity index is 1630. The lowest BCUT2D eigenvalue weighted by Gasteiger charge is -2.30. The van der Waals surface area contributed by atoms with Gasteiger partial charge in [-0.15, -0.1) is 12.3 Å². The molecular weight excluding hydrogens is 609 g/mol. The number of morpholine rings is 1. The van der Waals surface area contributed by atoms with E-state index in [9.17, 15) is 14.3 Å². The third-order valence-electron chi connectivity index (χ3n) is 7.67. The molecule has 5 unspecified atom stereocenters. The number of fused-ring (bicyclic) bond motifs is 2. The fraction of sp³-hybridized carbons (Fsp3) is 0.630. The molecule has 3 saturated heterocycles. The third-order valence-corrected chi connectivity index (χ3v) is 9.27. The second-order valence-corrected chi connectivity index (χ2v) is 13.2. The van der Waals surface area contributed by atoms with Gasteiger partial charge in [0.15, 0.2) is 23.5 Å². The van der Waals surface area contributed by atoms with Crippen molar-refractivity contribution in [1.82, 2.24) is 29.5 Å². The number of imidazole rings is 1. The fourth-order valence-electron chi connectivity index (χ4n) is 5.44. The van der Waals surface area contributed by atoms with E-state index in [0.717, 1.165) is 0 Å². The Hall–Kier alpha value is -3.51. The number of ether oxygens (including phenoxy) is 4. The van der Waals surface area contributed by atoms with E-state index in [1.54, 1.807) is 18.4 Å². The molecule has 6 heterocycles. The van der Waals surface area contributed by atoms with Crippen LogP contribution in [0.1, 0.15) is 45.2 Å². The first-order valence-corrected chi connectivity index (χ1v) is 16.0. The Morgan fingerprint density at radius 2 is 2.02 bits per heavy atom. The number of carbonyl (C=O) groups excluding carboxylic acids is 1. The maximum absolute atomic E-state index is 12.9. The Kier molecular flexibility index (Phi) is 8.64. The highest BCUT2D eigenvalue weighted by molar-refractivity contribution is 7.50. The van der Waals surface area contributed by atoms with Crippen molar-refractivity contribution in [3.05, 3.63) is 12.2 Å². The highest BCUT2D eigenvalue weighted by atomic mass is 31.2. The summed E-state index contributed by atoms with van der Waals surface area (Å²) in [6.07, 6.45) is 5.14. The number of carbonyl (C=O) groups is 1. The molecule has 2 aromatic heterocycles. The summed E-state index contributed by atoms with van der Waals surface area (Å²) in [7, 11) is -4.09. The maximum Gasteiger partial charge on any atom is 0.405 e. The molecule has 0 bridgehead atoms. The van der Waals surface area contributed by atoms with Gasteiger partial charge in [0.25, 0.3) is 0 Å². The van der Waals surface area contributed by atoms with Crippen LogP contribution in [0.2, 0.25) is 0 Å². The highest BCUT2D eigenvalue weighted by Gasteiger charge is 2.56. The summed E-state index contributed by atoms with van der Waals surface area (Å²) in [5.41, 5.74) is 6.14. The lowest BCUT2D eigenvalue weighted by atomic mass is 10.0. The van der Waals surface area contributed by atoms with Gasteiger partial charge in [0, 0.05) is 25.9 Å². The SMILES string of the molecule is C#CCCC1(CC(=O)NCC#Cc2nc(N)c3ncn(C4OC(COP(=O)(O)N5CCOCC5)C5OC(C)(C)OC54)c3n2)N=N1. The predicted molar refractivity (Wildman–Crippen MR) is 156 cm³/mol. The van der Waals surface area contributed by atoms with Gasteiger partial charge in [0.05, 0.1) is 39.1 Å². The van der Waals surface area contributed by atoms with E-state index in [0.29, 0.717) is 37.2 Å². The van der Waals surface area contributed by atoms with E-state index in [1.807, 2.05) is 0 Å². The zero-order valence-electron chi connectivity index (χ0n) is 24.8. The molecule has 17 nitrogen and oxygen atoms in total. The summed E-state index contributed by atoms with van der Waals surface area (Å²) >= 11 is 0. The second kappa shape index (κ2) is 12.4. The molecular formula is C27H34N9O8P. The van der Waals surface area contributed by atoms with Crippen molar-refractivity contribution in [1.29, 1.82) is 0 Å². The standard InChI is InChI=1S/C27H34N9O8P/c1-4-5-8-27(33-34-27)14-19(37)29-9-6-7-18-31-23(28)20-24(32-18)36(16-30-20)25-22-21(43-26(2,3)44-22)17(42-25)15-41-45(38,39)35-10-12-40-13-11-35/h1,16-17,21-22,25H,5,8-15H2,2-3H3,(H,29,37)(H,38,39)(H2,28,31,32). The lowest BCUT2D eigenvalue weighted by Crippen LogP contribution is -2.36. The van der Waals surface area contributed by atoms with E-state index in [1.165, 1.54) is 11.0 Å². The number of terminal acetylenes is 1. The Balaban J connectivity index is 1.15. The quantitative estimate of drug-likeness (QED) is 0.241. The Morgan fingerprint density at radius 1 is 1.27 bits per heavy atom. The van der Waals surface area contributed by atoms with E-state index in [2.05, 4.69) is 48.3 Å². The number of nitrogen functional groups attached to an aromatic ring is 1. The van der Waals surface area contributed by atoms with Crippen LogP contribution in [-0.4, -0.2) is 104 Å². The van der Waals surface area contributed by atoms with Crippen molar-refractivity contribution in [3.8, 4) is 24.2 Å². The van der Waals surface area contributed by atoms with E-state index >= 15 is 0 Å². The predicted octanol–water partition coefficient (Wildman–Crippen LogP) is 0.709. The number of anilines is 1. The van der Waals surface area contributed by atoms with Crippen LogP contribution in [0.3, 0.4) is 0 Å². The van der Waals surface area contributed by atoms with Crippen molar-refractivity contribution in [2.75, 3.05) is 45.2 Å². The average Bonchev–Trinajstić information content (AvgIpc) is 3.32. The minimum absolute atomic E-state index is 0.0429. The van der Waals surface area contributed by atoms with Crippen LogP contribution in [-0.2, 0) is 32.8 Å². The van der Waals surface area contributed by atoms with E-state index in [-0.39, 0.29) is 50.2 Å². The molecule has 4 N–H and O–H groups in total. The maximum atomic E-state index is 12.9. The first-order valence-electron chi connectivity index (χ1n) is 14.4. The van der Waals surface area contributed by atoms with Gasteiger partial charge in [0.2, 0.25) is 17.4 Å². The summed E-state index contributed by atoms with van der Waals surface area (Å²) in [4.78, 5) is 36.0. The second-order valence-electron chi connectivity index (χ2n) is 11.4. The van der Waals surface area contributed by atoms with Crippen LogP contribution < -0.4 is 11.1 Å². The van der Waals surface area contributed by atoms with Crippen LogP contribution in [0, 0.1) is 24.2 Å². The van der Waals surface area contributed by atoms with Crippen molar-refractivity contribution in [2.45, 2.75) is 69.1 Å². The van der Waals surface area contributed by atoms with Gasteiger partial charge >= 0.3 is 7.75 Å². The molecule has 45 heavy (non-hydrogen) atoms. The average molecular weight is 644 g/mol. The van der Waals surface area contributed by atoms with Gasteiger partial charge in [-0.3, -0.25) is 13.9 Å². The number of nitrogens with two attached hydrogens (primary N) is 1. The minimum atomic E-state index is -4.09. The van der Waals surface area contributed by atoms with Crippen molar-refractivity contribution < 1.29 is 37.7 Å². The number of hydrogen-bond acceptors (Lipinski definition) is 13. The molecule has 0 spiro atoms. The third kappa shape index (κ3) is 6.86. The molecule has 0 radical (unpaired) electrons. The molecule has 1 amide bonds. The summed E-state index contributed by atoms with van der Waals surface area (Å²) in [5.74, 6) is 7.18. The summed E-state index contributed by atoms with van der Waals surface area (Å²) in [6.45, 7) is 4.61. The van der Waals surface area contributed by atoms with Crippen molar-refractivity contribution >= 4 is 30.6 Å². The Labute approximate surface area is 258 Å². The number of nitrogens with one attached hydrogen (secondary N) is 1. The number of hydrogen-bond donors (Lipinski definition) is 3. The topological polar surface area (TPSA) is 210 Å². The van der Waals surface area contributed by atoms with E-state index in [4.69, 9.17) is 35.6 Å². The lowest BCUT2D eigenvalue weighted by molar-refractivity contribution is -0.199. The Morgan fingerprint density at radius 3 is 2.76 bits per heavy atom. The van der Waals surface area contributed by atoms with Gasteiger partial charge in [-0.25, -0.2) is 24.2 Å². The van der Waals surface area contributed by atoms with Crippen LogP contribution in [0.5, 0.6) is 0 Å². The highest BCUT2D eigenvalue weighted by Crippen LogP contribution is 2.49. The van der Waals surface area contributed by atoms with Crippen LogP contribution in [0.25, 0.3) is 11.2 Å². The number of aromatic nitrogens is 4. The van der Waals surface area contributed by atoms with Gasteiger partial charge < -0.3 is 34.9 Å².